The van der Waals surface area contributed by atoms with Crippen LogP contribution in [0.2, 0.25) is 0 Å². The van der Waals surface area contributed by atoms with Gasteiger partial charge in [-0.2, -0.15) is 0 Å². The number of carboxylic acids is 1. The Morgan fingerprint density at radius 2 is 2.00 bits per heavy atom. The van der Waals surface area contributed by atoms with E-state index in [9.17, 15) is 9.90 Å². The fourth-order valence-corrected chi connectivity index (χ4v) is 3.90. The highest BCUT2D eigenvalue weighted by atomic mass is 16.5. The van der Waals surface area contributed by atoms with Crippen molar-refractivity contribution < 1.29 is 14.6 Å². The number of hydrogen-bond donors (Lipinski definition) is 1. The third-order valence-electron chi connectivity index (χ3n) is 4.87. The van der Waals surface area contributed by atoms with Crippen LogP contribution in [-0.2, 0) is 4.79 Å². The van der Waals surface area contributed by atoms with Crippen LogP contribution in [0.4, 0.5) is 0 Å². The zero-order valence-electron chi connectivity index (χ0n) is 12.3. The van der Waals surface area contributed by atoms with Gasteiger partial charge in [-0.15, -0.1) is 0 Å². The predicted molar refractivity (Wildman–Crippen MR) is 80.4 cm³/mol. The Kier molecular flexibility index (Phi) is 4.44. The number of benzene rings is 1. The maximum Gasteiger partial charge on any atom is 0.320 e. The Labute approximate surface area is 125 Å². The Balaban J connectivity index is 1.60. The molecule has 0 amide bonds. The summed E-state index contributed by atoms with van der Waals surface area (Å²) in [6.07, 6.45) is 5.61. The van der Waals surface area contributed by atoms with Gasteiger partial charge < -0.3 is 9.84 Å². The summed E-state index contributed by atoms with van der Waals surface area (Å²) in [7, 11) is 0. The predicted octanol–water partition coefficient (Wildman–Crippen LogP) is 2.78. The molecule has 2 fully saturated rings. The van der Waals surface area contributed by atoms with E-state index in [-0.39, 0.29) is 6.04 Å². The molecule has 4 nitrogen and oxygen atoms in total. The summed E-state index contributed by atoms with van der Waals surface area (Å²) in [4.78, 5) is 13.7. The van der Waals surface area contributed by atoms with Crippen molar-refractivity contribution in [3.05, 3.63) is 30.3 Å². The summed E-state index contributed by atoms with van der Waals surface area (Å²) >= 11 is 0. The lowest BCUT2D eigenvalue weighted by molar-refractivity contribution is -0.142. The third kappa shape index (κ3) is 3.21. The normalized spacial score (nSPS) is 29.0. The highest BCUT2D eigenvalue weighted by molar-refractivity contribution is 5.74. The number of rotatable bonds is 5. The van der Waals surface area contributed by atoms with Crippen molar-refractivity contribution in [3.8, 4) is 5.75 Å². The fourth-order valence-electron chi connectivity index (χ4n) is 3.90. The number of carbonyl (C=O) groups is 1. The molecule has 1 N–H and O–H groups in total. The first-order valence-corrected chi connectivity index (χ1v) is 7.92. The molecule has 4 heteroatoms. The van der Waals surface area contributed by atoms with Crippen LogP contribution >= 0.6 is 0 Å². The first kappa shape index (κ1) is 14.4. The van der Waals surface area contributed by atoms with E-state index in [1.165, 1.54) is 19.3 Å². The molecule has 1 aromatic rings. The zero-order valence-corrected chi connectivity index (χ0v) is 12.3. The molecule has 1 heterocycles. The number of aliphatic carboxylic acids is 1. The second-order valence-corrected chi connectivity index (χ2v) is 6.10. The standard InChI is InChI=1S/C17H23NO3/c19-17(20)16-12-13-6-4-5-9-15(13)18(16)10-11-21-14-7-2-1-3-8-14/h1-3,7-8,13,15-16H,4-6,9-12H2,(H,19,20)/t13-,15+,16-/m0/s1. The van der Waals surface area contributed by atoms with Gasteiger partial charge in [0.2, 0.25) is 0 Å². The lowest BCUT2D eigenvalue weighted by Gasteiger charge is -2.32. The van der Waals surface area contributed by atoms with E-state index >= 15 is 0 Å². The van der Waals surface area contributed by atoms with Gasteiger partial charge in [0.1, 0.15) is 18.4 Å². The van der Waals surface area contributed by atoms with Gasteiger partial charge in [-0.3, -0.25) is 9.69 Å². The summed E-state index contributed by atoms with van der Waals surface area (Å²) in [5, 5.41) is 9.46. The third-order valence-corrected chi connectivity index (χ3v) is 4.87. The molecule has 2 aliphatic rings. The summed E-state index contributed by atoms with van der Waals surface area (Å²) in [6, 6.07) is 9.84. The van der Waals surface area contributed by atoms with Crippen LogP contribution < -0.4 is 4.74 Å². The second-order valence-electron chi connectivity index (χ2n) is 6.10. The molecule has 21 heavy (non-hydrogen) atoms. The average Bonchev–Trinajstić information content (AvgIpc) is 2.88. The molecule has 3 atom stereocenters. The molecule has 114 valence electrons. The molecule has 1 aliphatic carbocycles. The Bertz CT molecular complexity index is 476. The molecular weight excluding hydrogens is 266 g/mol. The maximum absolute atomic E-state index is 11.5. The molecule has 0 radical (unpaired) electrons. The van der Waals surface area contributed by atoms with Gasteiger partial charge in [0.15, 0.2) is 0 Å². The van der Waals surface area contributed by atoms with Crippen molar-refractivity contribution >= 4 is 5.97 Å². The SMILES string of the molecule is O=C(O)[C@@H]1C[C@@H]2CCCC[C@H]2N1CCOc1ccccc1. The summed E-state index contributed by atoms with van der Waals surface area (Å²) in [6.45, 7) is 1.25. The van der Waals surface area contributed by atoms with Crippen LogP contribution in [0.25, 0.3) is 0 Å². The quantitative estimate of drug-likeness (QED) is 0.905. The molecule has 1 aliphatic heterocycles. The number of carboxylic acid groups (broad SMARTS) is 1. The van der Waals surface area contributed by atoms with E-state index in [1.807, 2.05) is 30.3 Å². The van der Waals surface area contributed by atoms with Crippen molar-refractivity contribution in [2.45, 2.75) is 44.2 Å². The maximum atomic E-state index is 11.5. The van der Waals surface area contributed by atoms with Gasteiger partial charge >= 0.3 is 5.97 Å². The van der Waals surface area contributed by atoms with Crippen LogP contribution in [0.5, 0.6) is 5.75 Å². The monoisotopic (exact) mass is 289 g/mol. The Morgan fingerprint density at radius 3 is 2.76 bits per heavy atom. The van der Waals surface area contributed by atoms with Gasteiger partial charge in [-0.05, 0) is 37.3 Å². The number of fused-ring (bicyclic) bond motifs is 1. The van der Waals surface area contributed by atoms with E-state index in [1.54, 1.807) is 0 Å². The molecule has 0 aromatic heterocycles. The number of nitrogens with zero attached hydrogens (tertiary/aromatic N) is 1. The van der Waals surface area contributed by atoms with Crippen LogP contribution in [0.1, 0.15) is 32.1 Å². The van der Waals surface area contributed by atoms with Crippen molar-refractivity contribution in [2.75, 3.05) is 13.2 Å². The highest BCUT2D eigenvalue weighted by Gasteiger charge is 2.44. The van der Waals surface area contributed by atoms with Crippen molar-refractivity contribution in [3.63, 3.8) is 0 Å². The van der Waals surface area contributed by atoms with Gasteiger partial charge in [-0.1, -0.05) is 31.0 Å². The van der Waals surface area contributed by atoms with Crippen LogP contribution in [0, 0.1) is 5.92 Å². The summed E-state index contributed by atoms with van der Waals surface area (Å²) in [5.74, 6) is 0.740. The largest absolute Gasteiger partial charge is 0.492 e. The number of hydrogen-bond acceptors (Lipinski definition) is 3. The van der Waals surface area contributed by atoms with Gasteiger partial charge in [-0.25, -0.2) is 0 Å². The lowest BCUT2D eigenvalue weighted by Crippen LogP contribution is -2.44. The van der Waals surface area contributed by atoms with Crippen molar-refractivity contribution in [1.29, 1.82) is 0 Å². The lowest BCUT2D eigenvalue weighted by atomic mass is 9.85. The minimum absolute atomic E-state index is 0.322. The molecule has 0 spiro atoms. The van der Waals surface area contributed by atoms with Gasteiger partial charge in [0, 0.05) is 12.6 Å². The van der Waals surface area contributed by atoms with E-state index < -0.39 is 5.97 Å². The zero-order chi connectivity index (χ0) is 14.7. The van der Waals surface area contributed by atoms with E-state index in [2.05, 4.69) is 4.90 Å². The fraction of sp³-hybridized carbons (Fsp3) is 0.588. The number of likely N-dealkylation sites (tertiary alicyclic amines) is 1. The van der Waals surface area contributed by atoms with Gasteiger partial charge in [0.05, 0.1) is 0 Å². The number of para-hydroxylation sites is 1. The summed E-state index contributed by atoms with van der Waals surface area (Å²) in [5.41, 5.74) is 0. The molecule has 0 bridgehead atoms. The smallest absolute Gasteiger partial charge is 0.320 e. The molecule has 3 rings (SSSR count). The second kappa shape index (κ2) is 6.48. The van der Waals surface area contributed by atoms with E-state index in [0.29, 0.717) is 25.1 Å². The number of ether oxygens (including phenoxy) is 1. The molecule has 1 aromatic carbocycles. The summed E-state index contributed by atoms with van der Waals surface area (Å²) < 4.78 is 5.74. The molecule has 0 unspecified atom stereocenters. The highest BCUT2D eigenvalue weighted by Crippen LogP contribution is 2.39. The molecule has 1 saturated heterocycles. The minimum Gasteiger partial charge on any atom is -0.492 e. The van der Waals surface area contributed by atoms with Crippen LogP contribution in [0.3, 0.4) is 0 Å². The minimum atomic E-state index is -0.677. The van der Waals surface area contributed by atoms with E-state index in [4.69, 9.17) is 4.74 Å². The van der Waals surface area contributed by atoms with E-state index in [0.717, 1.165) is 18.6 Å². The van der Waals surface area contributed by atoms with Gasteiger partial charge in [0.25, 0.3) is 0 Å². The van der Waals surface area contributed by atoms with Crippen LogP contribution in [-0.4, -0.2) is 41.2 Å². The Morgan fingerprint density at radius 1 is 1.24 bits per heavy atom. The average molecular weight is 289 g/mol. The van der Waals surface area contributed by atoms with Crippen LogP contribution in [0.15, 0.2) is 30.3 Å². The van der Waals surface area contributed by atoms with Crippen molar-refractivity contribution in [1.82, 2.24) is 4.90 Å². The Hall–Kier alpha value is -1.55. The molecule has 1 saturated carbocycles. The topological polar surface area (TPSA) is 49.8 Å². The first-order valence-electron chi connectivity index (χ1n) is 7.92. The first-order chi connectivity index (χ1) is 10.3. The van der Waals surface area contributed by atoms with Crippen molar-refractivity contribution in [2.24, 2.45) is 5.92 Å². The molecular formula is C17H23NO3.